The molecule has 0 aliphatic rings. The highest BCUT2D eigenvalue weighted by atomic mass is 32.1. The van der Waals surface area contributed by atoms with Gasteiger partial charge in [-0.05, 0) is 49.7 Å². The summed E-state index contributed by atoms with van der Waals surface area (Å²) in [6, 6.07) is 18.6. The van der Waals surface area contributed by atoms with Crippen LogP contribution in [0.2, 0.25) is 0 Å². The number of anilines is 1. The van der Waals surface area contributed by atoms with Crippen molar-refractivity contribution in [3.05, 3.63) is 82.0 Å². The third-order valence-corrected chi connectivity index (χ3v) is 6.48. The van der Waals surface area contributed by atoms with Crippen LogP contribution in [-0.2, 0) is 19.6 Å². The van der Waals surface area contributed by atoms with Crippen LogP contribution in [0.1, 0.15) is 27.4 Å². The molecule has 0 amide bonds. The highest BCUT2D eigenvalue weighted by molar-refractivity contribution is 7.18. The number of aryl methyl sites for hydroxylation is 2. The molecule has 5 nitrogen and oxygen atoms in total. The van der Waals surface area contributed by atoms with Gasteiger partial charge in [0.15, 0.2) is 0 Å². The van der Waals surface area contributed by atoms with Gasteiger partial charge in [0, 0.05) is 18.0 Å². The molecule has 0 bridgehead atoms. The Hall–Kier alpha value is -2.96. The lowest BCUT2D eigenvalue weighted by molar-refractivity contribution is 0.310. The van der Waals surface area contributed by atoms with E-state index in [9.17, 15) is 0 Å². The van der Waals surface area contributed by atoms with Crippen molar-refractivity contribution in [2.45, 2.75) is 33.5 Å². The van der Waals surface area contributed by atoms with E-state index in [1.54, 1.807) is 18.4 Å². The number of rotatable bonds is 8. The fraction of sp³-hybridized carbons (Fsp3) is 0.280. The van der Waals surface area contributed by atoms with Crippen molar-refractivity contribution >= 4 is 27.4 Å². The number of thiophene rings is 1. The second kappa shape index (κ2) is 9.45. The fourth-order valence-electron chi connectivity index (χ4n) is 3.65. The number of hydrogen-bond donors (Lipinski definition) is 1. The minimum Gasteiger partial charge on any atom is -0.497 e. The second-order valence-corrected chi connectivity index (χ2v) is 9.02. The summed E-state index contributed by atoms with van der Waals surface area (Å²) in [6.07, 6.45) is 0. The molecule has 0 spiro atoms. The SMILES string of the molecule is COc1cccc(CN(C)Cc2nc(NCc3ccccc3)c3c(C)c(C)sc3n2)c1. The third kappa shape index (κ3) is 5.03. The lowest BCUT2D eigenvalue weighted by atomic mass is 10.2. The first-order valence-electron chi connectivity index (χ1n) is 10.4. The molecule has 4 aromatic rings. The van der Waals surface area contributed by atoms with Crippen molar-refractivity contribution in [2.75, 3.05) is 19.5 Å². The molecule has 0 aliphatic heterocycles. The quantitative estimate of drug-likeness (QED) is 0.395. The average molecular weight is 433 g/mol. The highest BCUT2D eigenvalue weighted by Crippen LogP contribution is 2.33. The van der Waals surface area contributed by atoms with Crippen molar-refractivity contribution in [1.29, 1.82) is 0 Å². The molecule has 0 radical (unpaired) electrons. The number of benzene rings is 2. The van der Waals surface area contributed by atoms with Gasteiger partial charge in [-0.15, -0.1) is 11.3 Å². The zero-order valence-electron chi connectivity index (χ0n) is 18.5. The number of methoxy groups -OCH3 is 1. The van der Waals surface area contributed by atoms with Crippen molar-refractivity contribution in [2.24, 2.45) is 0 Å². The lowest BCUT2D eigenvalue weighted by Crippen LogP contribution is -2.19. The van der Waals surface area contributed by atoms with Gasteiger partial charge in [0.1, 0.15) is 22.2 Å². The summed E-state index contributed by atoms with van der Waals surface area (Å²) < 4.78 is 5.35. The first-order chi connectivity index (χ1) is 15.0. The Bertz CT molecular complexity index is 1170. The van der Waals surface area contributed by atoms with Gasteiger partial charge >= 0.3 is 0 Å². The summed E-state index contributed by atoms with van der Waals surface area (Å²) in [7, 11) is 3.79. The average Bonchev–Trinajstić information content (AvgIpc) is 3.06. The first kappa shape index (κ1) is 21.3. The van der Waals surface area contributed by atoms with Gasteiger partial charge in [-0.25, -0.2) is 9.97 Å². The van der Waals surface area contributed by atoms with E-state index in [2.05, 4.69) is 67.5 Å². The van der Waals surface area contributed by atoms with E-state index in [4.69, 9.17) is 14.7 Å². The molecule has 160 valence electrons. The van der Waals surface area contributed by atoms with Crippen molar-refractivity contribution in [1.82, 2.24) is 14.9 Å². The van der Waals surface area contributed by atoms with Crippen LogP contribution in [0.15, 0.2) is 54.6 Å². The molecule has 1 N–H and O–H groups in total. The predicted molar refractivity (Wildman–Crippen MR) is 129 cm³/mol. The van der Waals surface area contributed by atoms with Crippen LogP contribution in [-0.4, -0.2) is 29.0 Å². The van der Waals surface area contributed by atoms with Crippen LogP contribution in [0.25, 0.3) is 10.2 Å². The minimum atomic E-state index is 0.670. The zero-order valence-corrected chi connectivity index (χ0v) is 19.3. The highest BCUT2D eigenvalue weighted by Gasteiger charge is 2.15. The lowest BCUT2D eigenvalue weighted by Gasteiger charge is -2.17. The number of hydrogen-bond acceptors (Lipinski definition) is 6. The number of fused-ring (bicyclic) bond motifs is 1. The number of nitrogens with one attached hydrogen (secondary N) is 1. The monoisotopic (exact) mass is 432 g/mol. The van der Waals surface area contributed by atoms with Crippen LogP contribution in [0.4, 0.5) is 5.82 Å². The fourth-order valence-corrected chi connectivity index (χ4v) is 4.70. The maximum absolute atomic E-state index is 5.35. The van der Waals surface area contributed by atoms with E-state index < -0.39 is 0 Å². The number of nitrogens with zero attached hydrogens (tertiary/aromatic N) is 3. The van der Waals surface area contributed by atoms with Gasteiger partial charge in [-0.3, -0.25) is 4.90 Å². The Kier molecular flexibility index (Phi) is 6.49. The summed E-state index contributed by atoms with van der Waals surface area (Å²) >= 11 is 1.74. The van der Waals surface area contributed by atoms with Gasteiger partial charge in [0.2, 0.25) is 0 Å². The van der Waals surface area contributed by atoms with Crippen LogP contribution >= 0.6 is 11.3 Å². The number of aromatic nitrogens is 2. The molecular formula is C25H28N4OS. The van der Waals surface area contributed by atoms with Gasteiger partial charge in [-0.2, -0.15) is 0 Å². The van der Waals surface area contributed by atoms with Gasteiger partial charge in [0.05, 0.1) is 19.0 Å². The van der Waals surface area contributed by atoms with Gasteiger partial charge in [0.25, 0.3) is 0 Å². The molecular weight excluding hydrogens is 404 g/mol. The molecule has 0 saturated heterocycles. The summed E-state index contributed by atoms with van der Waals surface area (Å²) in [5.74, 6) is 2.62. The standard InChI is InChI=1S/C25H28N4OS/c1-17-18(2)31-25-23(17)24(26-14-19-9-6-5-7-10-19)27-22(28-25)16-29(3)15-20-11-8-12-21(13-20)30-4/h5-13H,14-16H2,1-4H3,(H,26,27,28). The Balaban J connectivity index is 1.57. The molecule has 2 aromatic heterocycles. The maximum atomic E-state index is 5.35. The van der Waals surface area contributed by atoms with E-state index in [-0.39, 0.29) is 0 Å². The molecule has 31 heavy (non-hydrogen) atoms. The van der Waals surface area contributed by atoms with Crippen LogP contribution in [0, 0.1) is 13.8 Å². The summed E-state index contributed by atoms with van der Waals surface area (Å²) in [6.45, 7) is 6.51. The Morgan fingerprint density at radius 3 is 2.52 bits per heavy atom. The summed E-state index contributed by atoms with van der Waals surface area (Å²) in [5.41, 5.74) is 3.69. The normalized spacial score (nSPS) is 11.3. The molecule has 2 aromatic carbocycles. The van der Waals surface area contributed by atoms with E-state index in [1.807, 2.05) is 18.2 Å². The molecule has 0 saturated carbocycles. The van der Waals surface area contributed by atoms with Crippen LogP contribution in [0.3, 0.4) is 0 Å². The molecule has 2 heterocycles. The maximum Gasteiger partial charge on any atom is 0.146 e. The molecule has 0 fully saturated rings. The second-order valence-electron chi connectivity index (χ2n) is 7.81. The summed E-state index contributed by atoms with van der Waals surface area (Å²) in [5, 5.41) is 4.69. The smallest absolute Gasteiger partial charge is 0.146 e. The largest absolute Gasteiger partial charge is 0.497 e. The Labute approximate surface area is 187 Å². The van der Waals surface area contributed by atoms with Crippen molar-refractivity contribution in [3.8, 4) is 5.75 Å². The minimum absolute atomic E-state index is 0.670. The van der Waals surface area contributed by atoms with Crippen LogP contribution < -0.4 is 10.1 Å². The predicted octanol–water partition coefficient (Wildman–Crippen LogP) is 5.56. The van der Waals surface area contributed by atoms with Crippen LogP contribution in [0.5, 0.6) is 5.75 Å². The number of ether oxygens (including phenoxy) is 1. The topological polar surface area (TPSA) is 50.3 Å². The van der Waals surface area contributed by atoms with Crippen molar-refractivity contribution in [3.63, 3.8) is 0 Å². The van der Waals surface area contributed by atoms with Gasteiger partial charge < -0.3 is 10.1 Å². The molecule has 0 atom stereocenters. The molecule has 0 aliphatic carbocycles. The van der Waals surface area contributed by atoms with E-state index in [0.717, 1.165) is 40.7 Å². The first-order valence-corrected chi connectivity index (χ1v) is 11.2. The zero-order chi connectivity index (χ0) is 21.8. The molecule has 0 unspecified atom stereocenters. The van der Waals surface area contributed by atoms with E-state index >= 15 is 0 Å². The molecule has 6 heteroatoms. The molecule has 4 rings (SSSR count). The van der Waals surface area contributed by atoms with E-state index in [1.165, 1.54) is 21.6 Å². The van der Waals surface area contributed by atoms with Crippen molar-refractivity contribution < 1.29 is 4.74 Å². The Morgan fingerprint density at radius 1 is 0.968 bits per heavy atom. The van der Waals surface area contributed by atoms with Gasteiger partial charge in [-0.1, -0.05) is 42.5 Å². The third-order valence-electron chi connectivity index (χ3n) is 5.38. The van der Waals surface area contributed by atoms with E-state index in [0.29, 0.717) is 6.54 Å². The Morgan fingerprint density at radius 2 is 1.74 bits per heavy atom. The summed E-state index contributed by atoms with van der Waals surface area (Å²) in [4.78, 5) is 14.4.